The van der Waals surface area contributed by atoms with Crippen molar-refractivity contribution < 1.29 is 13.6 Å². The van der Waals surface area contributed by atoms with Crippen molar-refractivity contribution in [2.75, 3.05) is 18.4 Å². The zero-order valence-corrected chi connectivity index (χ0v) is 18.8. The van der Waals surface area contributed by atoms with Crippen LogP contribution in [-0.4, -0.2) is 39.2 Å². The number of fused-ring (bicyclic) bond motifs is 5. The van der Waals surface area contributed by atoms with Crippen molar-refractivity contribution in [2.45, 2.75) is 19.4 Å². The number of nitrogens with one attached hydrogen (secondary N) is 2. The Morgan fingerprint density at radius 2 is 1.89 bits per heavy atom. The lowest BCUT2D eigenvalue weighted by Crippen LogP contribution is -2.38. The number of halogens is 2. The standard InChI is InChI=1S/C25H22F2N6O2/c1-15-10-31-23(32-14-25(26,27)20-8-4-5-9-28-20)24(35)33(15)13-21(34)29-12-19-18-11-30-22(19)17-7-3-2-6-16(17)18/h2-11,19H,12-14H2,1H3,(H,29,34)(H,31,32). The number of aryl methyl sites for hydroxylation is 1. The van der Waals surface area contributed by atoms with E-state index < -0.39 is 23.7 Å². The first-order chi connectivity index (χ1) is 16.8. The van der Waals surface area contributed by atoms with Gasteiger partial charge in [-0.15, -0.1) is 0 Å². The fourth-order valence-corrected chi connectivity index (χ4v) is 4.31. The Hall–Kier alpha value is -4.21. The number of pyridine rings is 1. The molecule has 3 aromatic rings. The van der Waals surface area contributed by atoms with Gasteiger partial charge < -0.3 is 10.6 Å². The molecule has 2 bridgehead atoms. The lowest BCUT2D eigenvalue weighted by Gasteiger charge is -2.17. The summed E-state index contributed by atoms with van der Waals surface area (Å²) in [5.41, 5.74) is 3.55. The third-order valence-electron chi connectivity index (χ3n) is 6.14. The number of carbonyl (C=O) groups is 1. The van der Waals surface area contributed by atoms with Crippen LogP contribution in [0.4, 0.5) is 14.6 Å². The average molecular weight is 476 g/mol. The summed E-state index contributed by atoms with van der Waals surface area (Å²) < 4.78 is 30.1. The van der Waals surface area contributed by atoms with E-state index in [1.54, 1.807) is 13.0 Å². The summed E-state index contributed by atoms with van der Waals surface area (Å²) in [4.78, 5) is 37.7. The van der Waals surface area contributed by atoms with E-state index in [2.05, 4.69) is 25.6 Å². The van der Waals surface area contributed by atoms with E-state index in [-0.39, 0.29) is 24.2 Å². The molecule has 2 aromatic heterocycles. The molecular formula is C25H22F2N6O2. The van der Waals surface area contributed by atoms with Gasteiger partial charge in [0.15, 0.2) is 5.82 Å². The van der Waals surface area contributed by atoms with Crippen LogP contribution in [0.1, 0.15) is 22.5 Å². The monoisotopic (exact) mass is 476 g/mol. The zero-order chi connectivity index (χ0) is 24.6. The Morgan fingerprint density at radius 3 is 2.63 bits per heavy atom. The number of aliphatic imine (C=N–C) groups is 1. The molecule has 35 heavy (non-hydrogen) atoms. The molecule has 1 aliphatic heterocycles. The molecule has 5 rings (SSSR count). The number of benzene rings is 1. The molecule has 1 aliphatic carbocycles. The minimum Gasteiger partial charge on any atom is -0.359 e. The van der Waals surface area contributed by atoms with Gasteiger partial charge in [0.2, 0.25) is 5.91 Å². The Balaban J connectivity index is 1.23. The van der Waals surface area contributed by atoms with Crippen molar-refractivity contribution in [3.8, 4) is 0 Å². The van der Waals surface area contributed by atoms with Crippen LogP contribution < -0.4 is 16.2 Å². The van der Waals surface area contributed by atoms with E-state index in [1.807, 2.05) is 30.5 Å². The highest BCUT2D eigenvalue weighted by atomic mass is 19.3. The molecule has 1 unspecified atom stereocenters. The summed E-state index contributed by atoms with van der Waals surface area (Å²) in [6.07, 6.45) is 4.46. The van der Waals surface area contributed by atoms with Gasteiger partial charge in [0.25, 0.3) is 5.56 Å². The van der Waals surface area contributed by atoms with E-state index in [0.717, 1.165) is 22.4 Å². The van der Waals surface area contributed by atoms with Crippen molar-refractivity contribution >= 4 is 23.0 Å². The predicted octanol–water partition coefficient (Wildman–Crippen LogP) is 2.74. The van der Waals surface area contributed by atoms with Crippen molar-refractivity contribution in [1.29, 1.82) is 0 Å². The highest BCUT2D eigenvalue weighted by Crippen LogP contribution is 2.41. The van der Waals surface area contributed by atoms with Gasteiger partial charge in [-0.2, -0.15) is 8.78 Å². The van der Waals surface area contributed by atoms with Crippen LogP contribution in [0.15, 0.2) is 70.8 Å². The summed E-state index contributed by atoms with van der Waals surface area (Å²) in [6.45, 7) is 0.852. The molecule has 0 spiro atoms. The fraction of sp³-hybridized carbons (Fsp3) is 0.240. The minimum absolute atomic E-state index is 0.0299. The molecule has 2 aliphatic rings. The van der Waals surface area contributed by atoms with E-state index >= 15 is 0 Å². The Kier molecular flexibility index (Phi) is 5.72. The molecule has 0 saturated heterocycles. The summed E-state index contributed by atoms with van der Waals surface area (Å²) >= 11 is 0. The van der Waals surface area contributed by atoms with Crippen LogP contribution in [0.3, 0.4) is 0 Å². The smallest absolute Gasteiger partial charge is 0.306 e. The summed E-state index contributed by atoms with van der Waals surface area (Å²) in [7, 11) is 0. The third kappa shape index (κ3) is 4.23. The van der Waals surface area contributed by atoms with Gasteiger partial charge in [-0.1, -0.05) is 30.3 Å². The lowest BCUT2D eigenvalue weighted by molar-refractivity contribution is -0.121. The van der Waals surface area contributed by atoms with Gasteiger partial charge in [-0.25, -0.2) is 4.98 Å². The summed E-state index contributed by atoms with van der Waals surface area (Å²) in [5, 5.41) is 5.28. The SMILES string of the molecule is Cc1cnc(NCC(F)(F)c2ccccn2)c(=O)n1CC(=O)NCC1C2=CN=C1c1ccccc12. The Labute approximate surface area is 199 Å². The second-order valence-corrected chi connectivity index (χ2v) is 8.41. The van der Waals surface area contributed by atoms with E-state index in [1.165, 1.54) is 29.1 Å². The first kappa shape index (κ1) is 22.6. The molecule has 0 fully saturated rings. The molecule has 1 atom stereocenters. The third-order valence-corrected chi connectivity index (χ3v) is 6.14. The van der Waals surface area contributed by atoms with Crippen molar-refractivity contribution in [3.63, 3.8) is 0 Å². The number of nitrogens with zero attached hydrogens (tertiary/aromatic N) is 4. The van der Waals surface area contributed by atoms with E-state index in [9.17, 15) is 18.4 Å². The number of alkyl halides is 2. The predicted molar refractivity (Wildman–Crippen MR) is 127 cm³/mol. The van der Waals surface area contributed by atoms with E-state index in [4.69, 9.17) is 0 Å². The topological polar surface area (TPSA) is 101 Å². The van der Waals surface area contributed by atoms with Crippen LogP contribution in [0, 0.1) is 12.8 Å². The van der Waals surface area contributed by atoms with E-state index in [0.29, 0.717) is 12.2 Å². The molecule has 1 aromatic carbocycles. The number of hydrogen-bond donors (Lipinski definition) is 2. The summed E-state index contributed by atoms with van der Waals surface area (Å²) in [5.74, 6) is -3.97. The molecule has 3 heterocycles. The van der Waals surface area contributed by atoms with Gasteiger partial charge in [0.05, 0.1) is 12.3 Å². The Bertz CT molecular complexity index is 1380. The van der Waals surface area contributed by atoms with Crippen molar-refractivity contribution in [3.05, 3.63) is 93.9 Å². The maximum Gasteiger partial charge on any atom is 0.306 e. The molecule has 0 radical (unpaired) electrons. The van der Waals surface area contributed by atoms with Crippen LogP contribution >= 0.6 is 0 Å². The molecule has 1 amide bonds. The fourth-order valence-electron chi connectivity index (χ4n) is 4.31. The van der Waals surface area contributed by atoms with Crippen molar-refractivity contribution in [2.24, 2.45) is 10.9 Å². The number of rotatable bonds is 8. The van der Waals surface area contributed by atoms with Gasteiger partial charge in [0, 0.05) is 42.3 Å². The van der Waals surface area contributed by atoms with Crippen LogP contribution in [0.5, 0.6) is 0 Å². The number of aromatic nitrogens is 3. The normalized spacial score (nSPS) is 15.9. The van der Waals surface area contributed by atoms with Gasteiger partial charge in [-0.05, 0) is 30.2 Å². The van der Waals surface area contributed by atoms with Gasteiger partial charge >= 0.3 is 5.92 Å². The van der Waals surface area contributed by atoms with Gasteiger partial charge in [0.1, 0.15) is 12.2 Å². The maximum atomic E-state index is 14.4. The highest BCUT2D eigenvalue weighted by Gasteiger charge is 2.36. The molecule has 2 N–H and O–H groups in total. The number of carbonyl (C=O) groups excluding carboxylic acids is 1. The second kappa shape index (κ2) is 8.86. The molecular weight excluding hydrogens is 454 g/mol. The molecule has 8 nitrogen and oxygen atoms in total. The zero-order valence-electron chi connectivity index (χ0n) is 18.8. The first-order valence-electron chi connectivity index (χ1n) is 11.1. The molecule has 10 heteroatoms. The quantitative estimate of drug-likeness (QED) is 0.521. The maximum absolute atomic E-state index is 14.4. The largest absolute Gasteiger partial charge is 0.359 e. The highest BCUT2D eigenvalue weighted by molar-refractivity contribution is 6.20. The van der Waals surface area contributed by atoms with Crippen molar-refractivity contribution in [1.82, 2.24) is 19.9 Å². The van der Waals surface area contributed by atoms with Crippen LogP contribution in [0.2, 0.25) is 0 Å². The minimum atomic E-state index is -3.31. The molecule has 0 saturated carbocycles. The number of amides is 1. The molecule has 178 valence electrons. The lowest BCUT2D eigenvalue weighted by atomic mass is 10.0. The van der Waals surface area contributed by atoms with Crippen LogP contribution in [-0.2, 0) is 17.3 Å². The number of hydrogen-bond acceptors (Lipinski definition) is 6. The van der Waals surface area contributed by atoms with Gasteiger partial charge in [-0.3, -0.25) is 24.1 Å². The first-order valence-corrected chi connectivity index (χ1v) is 11.1. The average Bonchev–Trinajstić information content (AvgIpc) is 3.41. The van der Waals surface area contributed by atoms with Crippen LogP contribution in [0.25, 0.3) is 5.57 Å². The Morgan fingerprint density at radius 1 is 1.11 bits per heavy atom. The summed E-state index contributed by atoms with van der Waals surface area (Å²) in [6, 6.07) is 12.2. The number of anilines is 1. The second-order valence-electron chi connectivity index (χ2n) is 8.41.